The van der Waals surface area contributed by atoms with Crippen LogP contribution in [0.15, 0.2) is 48.7 Å². The highest BCUT2D eigenvalue weighted by molar-refractivity contribution is 7.80. The Morgan fingerprint density at radius 3 is 2.74 bits per heavy atom. The Bertz CT molecular complexity index is 1100. The van der Waals surface area contributed by atoms with E-state index in [1.54, 1.807) is 31.5 Å². The third-order valence-electron chi connectivity index (χ3n) is 5.70. The monoisotopic (exact) mass is 456 g/mol. The zero-order chi connectivity index (χ0) is 22.1. The van der Waals surface area contributed by atoms with Gasteiger partial charge >= 0.3 is 0 Å². The van der Waals surface area contributed by atoms with Crippen LogP contribution in [0.1, 0.15) is 34.7 Å². The molecule has 1 saturated heterocycles. The van der Waals surface area contributed by atoms with Crippen LogP contribution in [-0.4, -0.2) is 44.9 Å². The lowest BCUT2D eigenvalue weighted by atomic mass is 9.97. The molecule has 8 heteroatoms. The standard InChI is InChI=1S/C23H25ClN4O2S/c1-14-12-17(15(2)28(14)19-13-16(24)7-8-20(19)29)22-21(18-6-4-5-9-25-18)26-23(31)27(22)10-11-30-3/h4-9,12-13,21-22,29H,10-11H2,1-3H3,(H,26,31)/t21-,22+/m1/s1. The summed E-state index contributed by atoms with van der Waals surface area (Å²) in [6.07, 6.45) is 1.79. The lowest BCUT2D eigenvalue weighted by molar-refractivity contribution is 0.164. The van der Waals surface area contributed by atoms with Crippen molar-refractivity contribution in [2.45, 2.75) is 25.9 Å². The number of phenolic OH excluding ortho intramolecular Hbond substituents is 1. The molecule has 4 rings (SSSR count). The lowest BCUT2D eigenvalue weighted by Crippen LogP contribution is -2.32. The van der Waals surface area contributed by atoms with Crippen LogP contribution < -0.4 is 5.32 Å². The van der Waals surface area contributed by atoms with Crippen molar-refractivity contribution in [3.63, 3.8) is 0 Å². The zero-order valence-electron chi connectivity index (χ0n) is 17.7. The molecule has 0 unspecified atom stereocenters. The van der Waals surface area contributed by atoms with Crippen LogP contribution in [-0.2, 0) is 4.74 Å². The summed E-state index contributed by atoms with van der Waals surface area (Å²) < 4.78 is 7.37. The number of aryl methyl sites for hydroxylation is 1. The molecule has 6 nitrogen and oxygen atoms in total. The molecule has 0 bridgehead atoms. The minimum Gasteiger partial charge on any atom is -0.506 e. The predicted octanol–water partition coefficient (Wildman–Crippen LogP) is 4.47. The summed E-state index contributed by atoms with van der Waals surface area (Å²) in [5.74, 6) is 0.176. The summed E-state index contributed by atoms with van der Waals surface area (Å²) in [4.78, 5) is 6.74. The first-order valence-electron chi connectivity index (χ1n) is 10.1. The lowest BCUT2D eigenvalue weighted by Gasteiger charge is -2.28. The van der Waals surface area contributed by atoms with Gasteiger partial charge in [-0.25, -0.2) is 0 Å². The van der Waals surface area contributed by atoms with E-state index in [0.717, 1.165) is 22.6 Å². The molecule has 0 spiro atoms. The highest BCUT2D eigenvalue weighted by Gasteiger charge is 2.41. The first-order chi connectivity index (χ1) is 14.9. The van der Waals surface area contributed by atoms with Gasteiger partial charge in [-0.2, -0.15) is 0 Å². The van der Waals surface area contributed by atoms with Crippen molar-refractivity contribution in [1.29, 1.82) is 0 Å². The number of aromatic hydroxyl groups is 1. The molecule has 0 radical (unpaired) electrons. The SMILES string of the molecule is COCCN1C(=S)N[C@H](c2ccccn2)[C@@H]1c1cc(C)n(-c2cc(Cl)ccc2O)c1C. The van der Waals surface area contributed by atoms with Gasteiger partial charge in [-0.15, -0.1) is 0 Å². The Morgan fingerprint density at radius 2 is 2.03 bits per heavy atom. The maximum Gasteiger partial charge on any atom is 0.170 e. The van der Waals surface area contributed by atoms with Gasteiger partial charge in [0.15, 0.2) is 5.11 Å². The van der Waals surface area contributed by atoms with Crippen LogP contribution in [0.3, 0.4) is 0 Å². The van der Waals surface area contributed by atoms with E-state index in [9.17, 15) is 5.11 Å². The second-order valence-corrected chi connectivity index (χ2v) is 8.43. The Kier molecular flexibility index (Phi) is 6.18. The van der Waals surface area contributed by atoms with E-state index in [1.807, 2.05) is 36.6 Å². The van der Waals surface area contributed by atoms with Gasteiger partial charge in [-0.3, -0.25) is 4.98 Å². The molecular formula is C23H25ClN4O2S. The smallest absolute Gasteiger partial charge is 0.170 e. The molecular weight excluding hydrogens is 432 g/mol. The molecule has 2 atom stereocenters. The number of aromatic nitrogens is 2. The molecule has 0 saturated carbocycles. The largest absolute Gasteiger partial charge is 0.506 e. The minimum atomic E-state index is -0.104. The van der Waals surface area contributed by atoms with E-state index in [2.05, 4.69) is 21.3 Å². The zero-order valence-corrected chi connectivity index (χ0v) is 19.2. The Hall–Kier alpha value is -2.61. The third kappa shape index (κ3) is 4.01. The second kappa shape index (κ2) is 8.86. The molecule has 1 fully saturated rings. The Morgan fingerprint density at radius 1 is 1.23 bits per heavy atom. The molecule has 31 heavy (non-hydrogen) atoms. The maximum atomic E-state index is 10.5. The van der Waals surface area contributed by atoms with Crippen LogP contribution >= 0.6 is 23.8 Å². The molecule has 1 aromatic carbocycles. The fraction of sp³-hybridized carbons (Fsp3) is 0.304. The summed E-state index contributed by atoms with van der Waals surface area (Å²) in [7, 11) is 1.69. The Balaban J connectivity index is 1.84. The van der Waals surface area contributed by atoms with Crippen LogP contribution in [0, 0.1) is 13.8 Å². The number of methoxy groups -OCH3 is 1. The quantitative estimate of drug-likeness (QED) is 0.534. The number of benzene rings is 1. The molecule has 3 heterocycles. The van der Waals surface area contributed by atoms with Crippen molar-refractivity contribution in [1.82, 2.24) is 19.8 Å². The van der Waals surface area contributed by atoms with Crippen LogP contribution in [0.5, 0.6) is 5.75 Å². The average molecular weight is 457 g/mol. The summed E-state index contributed by atoms with van der Waals surface area (Å²) in [6, 6.07) is 12.9. The molecule has 1 aliphatic heterocycles. The van der Waals surface area contributed by atoms with Gasteiger partial charge in [0.1, 0.15) is 5.75 Å². The van der Waals surface area contributed by atoms with Gasteiger partial charge in [0.2, 0.25) is 0 Å². The van der Waals surface area contributed by atoms with Crippen LogP contribution in [0.2, 0.25) is 5.02 Å². The van der Waals surface area contributed by atoms with Gasteiger partial charge in [0.25, 0.3) is 0 Å². The molecule has 162 valence electrons. The van der Waals surface area contributed by atoms with Crippen molar-refractivity contribution in [2.75, 3.05) is 20.3 Å². The van der Waals surface area contributed by atoms with Gasteiger partial charge < -0.3 is 24.6 Å². The van der Waals surface area contributed by atoms with Gasteiger partial charge in [-0.05, 0) is 68.0 Å². The summed E-state index contributed by atoms with van der Waals surface area (Å²) >= 11 is 11.9. The molecule has 1 aliphatic rings. The number of halogens is 1. The number of pyridine rings is 1. The highest BCUT2D eigenvalue weighted by atomic mass is 35.5. The van der Waals surface area contributed by atoms with Crippen molar-refractivity contribution in [2.24, 2.45) is 0 Å². The molecule has 2 N–H and O–H groups in total. The molecule has 3 aromatic rings. The van der Waals surface area contributed by atoms with Gasteiger partial charge in [0.05, 0.1) is 30.1 Å². The number of ether oxygens (including phenoxy) is 1. The summed E-state index contributed by atoms with van der Waals surface area (Å²) in [5.41, 5.74) is 4.69. The fourth-order valence-electron chi connectivity index (χ4n) is 4.31. The third-order valence-corrected chi connectivity index (χ3v) is 6.29. The van der Waals surface area contributed by atoms with Crippen molar-refractivity contribution in [3.8, 4) is 11.4 Å². The Labute approximate surface area is 192 Å². The highest BCUT2D eigenvalue weighted by Crippen LogP contribution is 2.42. The number of thiocarbonyl (C=S) groups is 1. The van der Waals surface area contributed by atoms with Gasteiger partial charge in [0, 0.05) is 36.3 Å². The number of phenols is 1. The van der Waals surface area contributed by atoms with E-state index in [1.165, 1.54) is 0 Å². The van der Waals surface area contributed by atoms with Crippen molar-refractivity contribution < 1.29 is 9.84 Å². The summed E-state index contributed by atoms with van der Waals surface area (Å²) in [5, 5.41) is 15.2. The second-order valence-electron chi connectivity index (χ2n) is 7.61. The number of nitrogens with zero attached hydrogens (tertiary/aromatic N) is 3. The maximum absolute atomic E-state index is 10.5. The first-order valence-corrected chi connectivity index (χ1v) is 10.9. The van der Waals surface area contributed by atoms with Gasteiger partial charge in [-0.1, -0.05) is 17.7 Å². The van der Waals surface area contributed by atoms with E-state index < -0.39 is 0 Å². The average Bonchev–Trinajstić information content (AvgIpc) is 3.24. The normalized spacial score (nSPS) is 18.5. The molecule has 0 aliphatic carbocycles. The van der Waals surface area contributed by atoms with Crippen LogP contribution in [0.25, 0.3) is 5.69 Å². The van der Waals surface area contributed by atoms with E-state index >= 15 is 0 Å². The van der Waals surface area contributed by atoms with Crippen molar-refractivity contribution >= 4 is 28.9 Å². The number of nitrogens with one attached hydrogen (secondary N) is 1. The number of rotatable bonds is 6. The van der Waals surface area contributed by atoms with Crippen LogP contribution in [0.4, 0.5) is 0 Å². The molecule has 2 aromatic heterocycles. The van der Waals surface area contributed by atoms with Crippen molar-refractivity contribution in [3.05, 3.63) is 76.3 Å². The topological polar surface area (TPSA) is 62.5 Å². The number of hydrogen-bond acceptors (Lipinski definition) is 4. The van der Waals surface area contributed by atoms with E-state index in [0.29, 0.717) is 29.0 Å². The minimum absolute atomic E-state index is 0.0705. The van der Waals surface area contributed by atoms with E-state index in [-0.39, 0.29) is 17.8 Å². The summed E-state index contributed by atoms with van der Waals surface area (Å²) in [6.45, 7) is 5.28. The number of hydrogen-bond donors (Lipinski definition) is 2. The first kappa shape index (κ1) is 21.6. The fourth-order valence-corrected chi connectivity index (χ4v) is 4.81. The molecule has 0 amide bonds. The van der Waals surface area contributed by atoms with E-state index in [4.69, 9.17) is 28.6 Å². The predicted molar refractivity (Wildman–Crippen MR) is 126 cm³/mol.